The molecule has 0 atom stereocenters. The van der Waals surface area contributed by atoms with Crippen molar-refractivity contribution >= 4 is 38.4 Å². The number of hydrogen-bond donors (Lipinski definition) is 0. The molecular weight excluding hydrogens is 358 g/mol. The minimum absolute atomic E-state index is 0.193. The lowest BCUT2D eigenvalue weighted by Crippen LogP contribution is -2.49. The molecule has 1 fully saturated rings. The summed E-state index contributed by atoms with van der Waals surface area (Å²) in [4.78, 5) is 27.8. The van der Waals surface area contributed by atoms with E-state index in [1.807, 2.05) is 43.3 Å². The van der Waals surface area contributed by atoms with Crippen LogP contribution >= 0.6 is 11.3 Å². The molecule has 4 rings (SSSR count). The van der Waals surface area contributed by atoms with E-state index in [0.29, 0.717) is 6.42 Å². The van der Waals surface area contributed by atoms with Gasteiger partial charge in [0.25, 0.3) is 0 Å². The molecule has 3 heterocycles. The number of piperazine rings is 1. The van der Waals surface area contributed by atoms with Gasteiger partial charge in [-0.1, -0.05) is 23.5 Å². The van der Waals surface area contributed by atoms with Crippen LogP contribution in [0.25, 0.3) is 10.3 Å². The van der Waals surface area contributed by atoms with Crippen molar-refractivity contribution in [2.45, 2.75) is 6.42 Å². The van der Waals surface area contributed by atoms with E-state index in [1.54, 1.807) is 17.5 Å². The number of rotatable bonds is 4. The Morgan fingerprint density at radius 1 is 1.11 bits per heavy atom. The quantitative estimate of drug-likeness (QED) is 0.695. The van der Waals surface area contributed by atoms with E-state index in [9.17, 15) is 4.79 Å². The third-order valence-corrected chi connectivity index (χ3v) is 5.94. The van der Waals surface area contributed by atoms with Gasteiger partial charge in [-0.2, -0.15) is 4.98 Å². The maximum atomic E-state index is 12.6. The molecule has 0 spiro atoms. The number of hydrogen-bond acceptors (Lipinski definition) is 6. The first kappa shape index (κ1) is 17.7. The Bertz CT molecular complexity index is 896. The van der Waals surface area contributed by atoms with Crippen LogP contribution in [0.15, 0.2) is 42.6 Å². The van der Waals surface area contributed by atoms with Crippen LogP contribution in [-0.4, -0.2) is 61.0 Å². The second-order valence-corrected chi connectivity index (χ2v) is 7.94. The van der Waals surface area contributed by atoms with Crippen LogP contribution in [0.1, 0.15) is 5.56 Å². The molecule has 2 aromatic heterocycles. The van der Waals surface area contributed by atoms with E-state index in [-0.39, 0.29) is 5.91 Å². The van der Waals surface area contributed by atoms with Crippen LogP contribution in [-0.2, 0) is 11.2 Å². The second kappa shape index (κ2) is 7.52. The molecule has 1 amide bonds. The average molecular weight is 382 g/mol. The summed E-state index contributed by atoms with van der Waals surface area (Å²) in [5.41, 5.74) is 3.01. The van der Waals surface area contributed by atoms with Crippen LogP contribution in [0.5, 0.6) is 0 Å². The van der Waals surface area contributed by atoms with Crippen molar-refractivity contribution < 1.29 is 4.79 Å². The van der Waals surface area contributed by atoms with Crippen LogP contribution in [0, 0.1) is 0 Å². The van der Waals surface area contributed by atoms with E-state index in [1.165, 1.54) is 0 Å². The SMILES string of the molecule is CN(C)c1ccc(CC(=O)N2CCN(c3nc4ncccc4s3)CC2)cc1. The van der Waals surface area contributed by atoms with E-state index >= 15 is 0 Å². The van der Waals surface area contributed by atoms with Crippen molar-refractivity contribution in [2.75, 3.05) is 50.1 Å². The molecule has 1 aliphatic rings. The summed E-state index contributed by atoms with van der Waals surface area (Å²) >= 11 is 1.66. The van der Waals surface area contributed by atoms with Crippen molar-refractivity contribution in [1.29, 1.82) is 0 Å². The molecule has 0 aliphatic carbocycles. The van der Waals surface area contributed by atoms with Gasteiger partial charge < -0.3 is 14.7 Å². The molecule has 1 saturated heterocycles. The lowest BCUT2D eigenvalue weighted by Gasteiger charge is -2.34. The van der Waals surface area contributed by atoms with Gasteiger partial charge >= 0.3 is 0 Å². The van der Waals surface area contributed by atoms with Crippen molar-refractivity contribution in [3.05, 3.63) is 48.2 Å². The van der Waals surface area contributed by atoms with E-state index < -0.39 is 0 Å². The zero-order chi connectivity index (χ0) is 18.8. The van der Waals surface area contributed by atoms with E-state index in [4.69, 9.17) is 0 Å². The zero-order valence-electron chi connectivity index (χ0n) is 15.6. The summed E-state index contributed by atoms with van der Waals surface area (Å²) in [6.07, 6.45) is 2.23. The molecule has 0 saturated carbocycles. The third kappa shape index (κ3) is 3.88. The lowest BCUT2D eigenvalue weighted by atomic mass is 10.1. The minimum Gasteiger partial charge on any atom is -0.378 e. The number of thiazole rings is 1. The molecule has 140 valence electrons. The predicted molar refractivity (Wildman–Crippen MR) is 111 cm³/mol. The third-order valence-electron chi connectivity index (χ3n) is 4.86. The van der Waals surface area contributed by atoms with Gasteiger partial charge in [0.15, 0.2) is 10.8 Å². The van der Waals surface area contributed by atoms with Crippen molar-refractivity contribution in [3.63, 3.8) is 0 Å². The van der Waals surface area contributed by atoms with Crippen LogP contribution in [0.2, 0.25) is 0 Å². The van der Waals surface area contributed by atoms with Crippen molar-refractivity contribution in [2.24, 2.45) is 0 Å². The molecule has 0 bridgehead atoms. The molecule has 1 aliphatic heterocycles. The number of benzene rings is 1. The topological polar surface area (TPSA) is 52.6 Å². The van der Waals surface area contributed by atoms with Crippen LogP contribution < -0.4 is 9.80 Å². The highest BCUT2D eigenvalue weighted by Crippen LogP contribution is 2.28. The first-order chi connectivity index (χ1) is 13.1. The number of nitrogens with zero attached hydrogens (tertiary/aromatic N) is 5. The lowest BCUT2D eigenvalue weighted by molar-refractivity contribution is -0.130. The first-order valence-corrected chi connectivity index (χ1v) is 9.92. The normalized spacial score (nSPS) is 14.6. The number of carbonyl (C=O) groups is 1. The van der Waals surface area contributed by atoms with Gasteiger partial charge in [0.1, 0.15) is 0 Å². The Morgan fingerprint density at radius 3 is 2.52 bits per heavy atom. The monoisotopic (exact) mass is 381 g/mol. The van der Waals surface area contributed by atoms with Crippen molar-refractivity contribution in [3.8, 4) is 0 Å². The molecule has 0 unspecified atom stereocenters. The second-order valence-electron chi connectivity index (χ2n) is 6.93. The molecule has 6 nitrogen and oxygen atoms in total. The average Bonchev–Trinajstić information content (AvgIpc) is 3.13. The highest BCUT2D eigenvalue weighted by atomic mass is 32.1. The van der Waals surface area contributed by atoms with Gasteiger partial charge in [-0.15, -0.1) is 0 Å². The number of amides is 1. The summed E-state index contributed by atoms with van der Waals surface area (Å²) in [6, 6.07) is 12.2. The van der Waals surface area contributed by atoms with Crippen LogP contribution in [0.4, 0.5) is 10.8 Å². The molecule has 7 heteroatoms. The van der Waals surface area contributed by atoms with Crippen molar-refractivity contribution in [1.82, 2.24) is 14.9 Å². The number of carbonyl (C=O) groups excluding carboxylic acids is 1. The van der Waals surface area contributed by atoms with Gasteiger partial charge in [-0.25, -0.2) is 4.98 Å². The maximum Gasteiger partial charge on any atom is 0.227 e. The molecule has 1 aromatic carbocycles. The summed E-state index contributed by atoms with van der Waals surface area (Å²) < 4.78 is 1.10. The Balaban J connectivity index is 1.34. The number of pyridine rings is 1. The summed E-state index contributed by atoms with van der Waals surface area (Å²) in [6.45, 7) is 3.09. The fourth-order valence-electron chi connectivity index (χ4n) is 3.24. The first-order valence-electron chi connectivity index (χ1n) is 9.11. The standard InChI is InChI=1S/C20H23N5OS/c1-23(2)16-7-5-15(6-8-16)14-18(26)24-10-12-25(13-11-24)20-22-19-17(27-20)4-3-9-21-19/h3-9H,10-14H2,1-2H3. The predicted octanol–water partition coefficient (Wildman–Crippen LogP) is 2.65. The Hall–Kier alpha value is -2.67. The number of fused-ring (bicyclic) bond motifs is 1. The smallest absolute Gasteiger partial charge is 0.227 e. The van der Waals surface area contributed by atoms with Gasteiger partial charge in [0, 0.05) is 52.2 Å². The van der Waals surface area contributed by atoms with Gasteiger partial charge in [-0.3, -0.25) is 4.79 Å². The molecular formula is C20H23N5OS. The zero-order valence-corrected chi connectivity index (χ0v) is 16.4. The highest BCUT2D eigenvalue weighted by molar-refractivity contribution is 7.22. The van der Waals surface area contributed by atoms with E-state index in [2.05, 4.69) is 31.9 Å². The summed E-state index contributed by atoms with van der Waals surface area (Å²) in [5, 5.41) is 0.995. The van der Waals surface area contributed by atoms with E-state index in [0.717, 1.165) is 52.9 Å². The Morgan fingerprint density at radius 2 is 1.85 bits per heavy atom. The largest absolute Gasteiger partial charge is 0.378 e. The van der Waals surface area contributed by atoms with Gasteiger partial charge in [-0.05, 0) is 29.8 Å². The number of anilines is 2. The minimum atomic E-state index is 0.193. The fourth-order valence-corrected chi connectivity index (χ4v) is 4.22. The number of aromatic nitrogens is 2. The molecule has 3 aromatic rings. The van der Waals surface area contributed by atoms with Gasteiger partial charge in [0.2, 0.25) is 5.91 Å². The maximum absolute atomic E-state index is 12.6. The summed E-state index contributed by atoms with van der Waals surface area (Å²) in [7, 11) is 4.03. The Labute approximate surface area is 163 Å². The Kier molecular flexibility index (Phi) is 4.94. The summed E-state index contributed by atoms with van der Waals surface area (Å²) in [5.74, 6) is 0.193. The van der Waals surface area contributed by atoms with Crippen LogP contribution in [0.3, 0.4) is 0 Å². The highest BCUT2D eigenvalue weighted by Gasteiger charge is 2.23. The molecule has 0 N–H and O–H groups in total. The fraction of sp³-hybridized carbons (Fsp3) is 0.350. The van der Waals surface area contributed by atoms with Gasteiger partial charge in [0.05, 0.1) is 11.1 Å². The molecule has 0 radical (unpaired) electrons. The molecule has 27 heavy (non-hydrogen) atoms.